The largest absolute Gasteiger partial charge is 0.487 e. The Labute approximate surface area is 198 Å². The summed E-state index contributed by atoms with van der Waals surface area (Å²) >= 11 is 0. The molecule has 2 saturated heterocycles. The minimum atomic E-state index is -3.61. The van der Waals surface area contributed by atoms with Crippen molar-refractivity contribution in [3.8, 4) is 5.75 Å². The van der Waals surface area contributed by atoms with Gasteiger partial charge in [-0.05, 0) is 38.4 Å². The quantitative estimate of drug-likeness (QED) is 0.542. The summed E-state index contributed by atoms with van der Waals surface area (Å²) in [5.41, 5.74) is 0. The lowest BCUT2D eigenvalue weighted by atomic mass is 10.0. The van der Waals surface area contributed by atoms with Crippen molar-refractivity contribution < 1.29 is 31.5 Å². The van der Waals surface area contributed by atoms with E-state index in [9.17, 15) is 26.8 Å². The van der Waals surface area contributed by atoms with E-state index >= 15 is 0 Å². The topological polar surface area (TPSA) is 108 Å². The van der Waals surface area contributed by atoms with Gasteiger partial charge in [-0.2, -0.15) is 4.31 Å². The van der Waals surface area contributed by atoms with Gasteiger partial charge in [0.15, 0.2) is 11.6 Å². The SMILES string of the molecule is CN[C@@H](C)C(=O)N[C@H](C(=O)N1CC[C@@H]2[C@H]1[C@@H](Oc1ccc(F)c(F)c1)CN2S(C)(=O)=O)C(C)C. The Hall–Kier alpha value is -2.31. The molecule has 9 nitrogen and oxygen atoms in total. The van der Waals surface area contributed by atoms with E-state index in [4.69, 9.17) is 4.74 Å². The highest BCUT2D eigenvalue weighted by Gasteiger charge is 2.55. The number of benzene rings is 1. The zero-order valence-corrected chi connectivity index (χ0v) is 20.7. The summed E-state index contributed by atoms with van der Waals surface area (Å²) in [4.78, 5) is 27.6. The standard InChI is InChI=1S/C22H32F2N4O5S/c1-12(2)19(26-21(29)13(3)25-4)22(30)27-9-8-17-20(27)18(11-28(17)34(5,31)32)33-14-6-7-15(23)16(24)10-14/h6-7,10,12-13,17-20,25H,8-9,11H2,1-5H3,(H,26,29)/t13-,17+,18-,19-,20-/m0/s1. The van der Waals surface area contributed by atoms with E-state index in [1.54, 1.807) is 18.9 Å². The zero-order valence-electron chi connectivity index (χ0n) is 19.9. The minimum absolute atomic E-state index is 0.0353. The number of carbonyl (C=O) groups is 2. The number of fused-ring (bicyclic) bond motifs is 1. The van der Waals surface area contributed by atoms with Crippen molar-refractivity contribution in [3.63, 3.8) is 0 Å². The predicted molar refractivity (Wildman–Crippen MR) is 122 cm³/mol. The first-order valence-corrected chi connectivity index (χ1v) is 13.1. The van der Waals surface area contributed by atoms with Gasteiger partial charge in [0, 0.05) is 12.6 Å². The van der Waals surface area contributed by atoms with Gasteiger partial charge in [-0.3, -0.25) is 9.59 Å². The zero-order chi connectivity index (χ0) is 25.4. The third kappa shape index (κ3) is 5.33. The highest BCUT2D eigenvalue weighted by Crippen LogP contribution is 2.36. The number of rotatable bonds is 8. The first-order valence-electron chi connectivity index (χ1n) is 11.2. The average molecular weight is 503 g/mol. The molecule has 0 aliphatic carbocycles. The summed E-state index contributed by atoms with van der Waals surface area (Å²) in [6.07, 6.45) is 0.688. The number of nitrogens with zero attached hydrogens (tertiary/aromatic N) is 2. The van der Waals surface area contributed by atoms with E-state index in [-0.39, 0.29) is 36.6 Å². The van der Waals surface area contributed by atoms with Gasteiger partial charge in [-0.15, -0.1) is 0 Å². The van der Waals surface area contributed by atoms with Crippen LogP contribution in [0.3, 0.4) is 0 Å². The van der Waals surface area contributed by atoms with Crippen molar-refractivity contribution >= 4 is 21.8 Å². The molecule has 3 rings (SSSR count). The average Bonchev–Trinajstić information content (AvgIpc) is 3.34. The Morgan fingerprint density at radius 3 is 2.41 bits per heavy atom. The molecule has 190 valence electrons. The smallest absolute Gasteiger partial charge is 0.245 e. The number of nitrogens with one attached hydrogen (secondary N) is 2. The van der Waals surface area contributed by atoms with Gasteiger partial charge in [0.25, 0.3) is 0 Å². The van der Waals surface area contributed by atoms with Gasteiger partial charge in [0.2, 0.25) is 21.8 Å². The van der Waals surface area contributed by atoms with Gasteiger partial charge in [-0.1, -0.05) is 13.8 Å². The number of hydrogen-bond acceptors (Lipinski definition) is 6. The predicted octanol–water partition coefficient (Wildman–Crippen LogP) is 0.706. The molecule has 34 heavy (non-hydrogen) atoms. The van der Waals surface area contributed by atoms with E-state index < -0.39 is 51.9 Å². The Kier molecular flexibility index (Phi) is 7.83. The maximum absolute atomic E-state index is 13.7. The fourth-order valence-corrected chi connectivity index (χ4v) is 5.69. The van der Waals surface area contributed by atoms with Crippen LogP contribution >= 0.6 is 0 Å². The number of ether oxygens (including phenoxy) is 1. The Balaban J connectivity index is 1.89. The molecule has 0 saturated carbocycles. The summed E-state index contributed by atoms with van der Waals surface area (Å²) in [7, 11) is -1.97. The fraction of sp³-hybridized carbons (Fsp3) is 0.636. The Morgan fingerprint density at radius 2 is 1.85 bits per heavy atom. The van der Waals surface area contributed by atoms with Gasteiger partial charge >= 0.3 is 0 Å². The minimum Gasteiger partial charge on any atom is -0.487 e. The van der Waals surface area contributed by atoms with Crippen LogP contribution in [0, 0.1) is 17.6 Å². The molecule has 2 amide bonds. The van der Waals surface area contributed by atoms with Crippen LogP contribution in [0.4, 0.5) is 8.78 Å². The second-order valence-electron chi connectivity index (χ2n) is 9.18. The fourth-order valence-electron chi connectivity index (χ4n) is 4.55. The second-order valence-corrected chi connectivity index (χ2v) is 11.1. The lowest BCUT2D eigenvalue weighted by Gasteiger charge is -2.33. The molecule has 0 unspecified atom stereocenters. The molecule has 0 spiro atoms. The van der Waals surface area contributed by atoms with Gasteiger partial charge < -0.3 is 20.3 Å². The molecule has 12 heteroatoms. The first-order chi connectivity index (χ1) is 15.8. The lowest BCUT2D eigenvalue weighted by Crippen LogP contribution is -2.57. The van der Waals surface area contributed by atoms with Crippen LogP contribution in [0.1, 0.15) is 27.2 Å². The number of halogens is 2. The van der Waals surface area contributed by atoms with Crippen molar-refractivity contribution in [1.29, 1.82) is 0 Å². The molecule has 2 heterocycles. The van der Waals surface area contributed by atoms with Gasteiger partial charge in [0.1, 0.15) is 17.9 Å². The normalized spacial score (nSPS) is 24.7. The molecule has 1 aromatic rings. The van der Waals surface area contributed by atoms with Crippen molar-refractivity contribution in [2.24, 2.45) is 5.92 Å². The lowest BCUT2D eigenvalue weighted by molar-refractivity contribution is -0.139. The highest BCUT2D eigenvalue weighted by atomic mass is 32.2. The highest BCUT2D eigenvalue weighted by molar-refractivity contribution is 7.88. The van der Waals surface area contributed by atoms with E-state index in [1.807, 2.05) is 13.8 Å². The molecular formula is C22H32F2N4O5S. The van der Waals surface area contributed by atoms with Gasteiger partial charge in [0.05, 0.1) is 30.9 Å². The van der Waals surface area contributed by atoms with Crippen LogP contribution in [-0.4, -0.2) is 86.1 Å². The number of sulfonamides is 1. The van der Waals surface area contributed by atoms with Crippen LogP contribution in [0.15, 0.2) is 18.2 Å². The second kappa shape index (κ2) is 10.1. The monoisotopic (exact) mass is 502 g/mol. The molecule has 2 aliphatic rings. The Bertz CT molecular complexity index is 1040. The molecule has 0 bridgehead atoms. The summed E-state index contributed by atoms with van der Waals surface area (Å²) in [6.45, 7) is 5.54. The third-order valence-corrected chi connectivity index (χ3v) is 7.75. The number of hydrogen-bond donors (Lipinski definition) is 2. The number of carbonyl (C=O) groups excluding carboxylic acids is 2. The van der Waals surface area contributed by atoms with Crippen LogP contribution in [-0.2, 0) is 19.6 Å². The molecule has 0 radical (unpaired) electrons. The molecule has 1 aromatic carbocycles. The van der Waals surface area contributed by atoms with Crippen LogP contribution < -0.4 is 15.4 Å². The first kappa shape index (κ1) is 26.3. The van der Waals surface area contributed by atoms with E-state index in [2.05, 4.69) is 10.6 Å². The molecular weight excluding hydrogens is 470 g/mol. The summed E-state index contributed by atoms with van der Waals surface area (Å²) in [5.74, 6) is -2.98. The molecule has 2 aliphatic heterocycles. The van der Waals surface area contributed by atoms with Crippen molar-refractivity contribution in [3.05, 3.63) is 29.8 Å². The van der Waals surface area contributed by atoms with Crippen molar-refractivity contribution in [2.75, 3.05) is 26.4 Å². The van der Waals surface area contributed by atoms with E-state index in [1.165, 1.54) is 10.4 Å². The van der Waals surface area contributed by atoms with Crippen molar-refractivity contribution in [1.82, 2.24) is 19.8 Å². The maximum Gasteiger partial charge on any atom is 0.245 e. The van der Waals surface area contributed by atoms with E-state index in [0.717, 1.165) is 18.4 Å². The summed E-state index contributed by atoms with van der Waals surface area (Å²) in [5, 5.41) is 5.62. The van der Waals surface area contributed by atoms with Crippen LogP contribution in [0.25, 0.3) is 0 Å². The third-order valence-electron chi connectivity index (χ3n) is 6.47. The number of likely N-dealkylation sites (tertiary alicyclic amines) is 1. The van der Waals surface area contributed by atoms with Gasteiger partial charge in [-0.25, -0.2) is 17.2 Å². The molecule has 2 fully saturated rings. The summed E-state index contributed by atoms with van der Waals surface area (Å²) in [6, 6.07) is 0.592. The summed E-state index contributed by atoms with van der Waals surface area (Å²) < 4.78 is 59.2. The molecule has 2 N–H and O–H groups in total. The van der Waals surface area contributed by atoms with Crippen LogP contribution in [0.5, 0.6) is 5.75 Å². The van der Waals surface area contributed by atoms with E-state index in [0.29, 0.717) is 6.42 Å². The Morgan fingerprint density at radius 1 is 1.18 bits per heavy atom. The number of likely N-dealkylation sites (N-methyl/N-ethyl adjacent to an activating group) is 1. The maximum atomic E-state index is 13.7. The number of amides is 2. The molecule has 5 atom stereocenters. The van der Waals surface area contributed by atoms with Crippen LogP contribution in [0.2, 0.25) is 0 Å². The van der Waals surface area contributed by atoms with Crippen molar-refractivity contribution in [2.45, 2.75) is 57.5 Å². The molecule has 0 aromatic heterocycles.